The number of halogens is 1. The number of aryl methyl sites for hydroxylation is 1. The van der Waals surface area contributed by atoms with E-state index in [0.717, 1.165) is 0 Å². The van der Waals surface area contributed by atoms with Crippen molar-refractivity contribution in [2.24, 2.45) is 0 Å². The third-order valence-corrected chi connectivity index (χ3v) is 2.39. The van der Waals surface area contributed by atoms with Crippen LogP contribution >= 0.6 is 0 Å². The fraction of sp³-hybridized carbons (Fsp3) is 0.364. The van der Waals surface area contributed by atoms with E-state index in [9.17, 15) is 4.39 Å². The van der Waals surface area contributed by atoms with Gasteiger partial charge < -0.3 is 9.88 Å². The normalized spacial score (nSPS) is 12.4. The second-order valence-electron chi connectivity index (χ2n) is 3.93. The molecule has 2 aromatic heterocycles. The molecule has 90 valence electrons. The van der Waals surface area contributed by atoms with Crippen molar-refractivity contribution in [2.45, 2.75) is 26.4 Å². The number of rotatable bonds is 4. The minimum atomic E-state index is -0.398. The molecular weight excluding hydrogens is 221 g/mol. The number of aromatic nitrogens is 4. The molecule has 0 aromatic carbocycles. The third kappa shape index (κ3) is 2.77. The highest BCUT2D eigenvalue weighted by Gasteiger charge is 2.10. The molecule has 2 heterocycles. The summed E-state index contributed by atoms with van der Waals surface area (Å²) in [5.41, 5.74) is 0.345. The van der Waals surface area contributed by atoms with Crippen molar-refractivity contribution in [3.8, 4) is 0 Å². The zero-order valence-electron chi connectivity index (χ0n) is 9.76. The van der Waals surface area contributed by atoms with Gasteiger partial charge in [-0.2, -0.15) is 0 Å². The first kappa shape index (κ1) is 11.5. The first-order valence-corrected chi connectivity index (χ1v) is 5.36. The van der Waals surface area contributed by atoms with Gasteiger partial charge in [0.05, 0.1) is 12.0 Å². The van der Waals surface area contributed by atoms with Crippen LogP contribution in [0.1, 0.15) is 12.6 Å². The predicted molar refractivity (Wildman–Crippen MR) is 62.0 cm³/mol. The maximum Gasteiger partial charge on any atom is 0.186 e. The number of imidazole rings is 1. The predicted octanol–water partition coefficient (Wildman–Crippen LogP) is 1.62. The Morgan fingerprint density at radius 1 is 1.47 bits per heavy atom. The largest absolute Gasteiger partial charge is 0.363 e. The second kappa shape index (κ2) is 4.90. The maximum atomic E-state index is 13.6. The maximum absolute atomic E-state index is 13.6. The van der Waals surface area contributed by atoms with Crippen LogP contribution in [0.5, 0.6) is 0 Å². The summed E-state index contributed by atoms with van der Waals surface area (Å²) in [7, 11) is 0. The van der Waals surface area contributed by atoms with E-state index < -0.39 is 5.82 Å². The van der Waals surface area contributed by atoms with Crippen LogP contribution in [0.25, 0.3) is 0 Å². The van der Waals surface area contributed by atoms with Crippen LogP contribution in [-0.4, -0.2) is 25.6 Å². The van der Waals surface area contributed by atoms with Gasteiger partial charge in [-0.15, -0.1) is 0 Å². The second-order valence-corrected chi connectivity index (χ2v) is 3.93. The highest BCUT2D eigenvalue weighted by Crippen LogP contribution is 2.13. The average molecular weight is 235 g/mol. The van der Waals surface area contributed by atoms with E-state index in [1.54, 1.807) is 19.4 Å². The molecule has 2 rings (SSSR count). The number of nitrogens with one attached hydrogen (secondary N) is 1. The number of hydrogen-bond donors (Lipinski definition) is 1. The Labute approximate surface area is 98.7 Å². The Morgan fingerprint density at radius 3 is 3.00 bits per heavy atom. The van der Waals surface area contributed by atoms with E-state index in [-0.39, 0.29) is 11.9 Å². The Kier molecular flexibility index (Phi) is 3.32. The van der Waals surface area contributed by atoms with Crippen LogP contribution in [0, 0.1) is 12.7 Å². The molecule has 0 bridgehead atoms. The van der Waals surface area contributed by atoms with Crippen molar-refractivity contribution in [2.75, 3.05) is 5.32 Å². The molecule has 0 radical (unpaired) electrons. The van der Waals surface area contributed by atoms with Crippen molar-refractivity contribution in [3.05, 3.63) is 36.6 Å². The Balaban J connectivity index is 2.03. The van der Waals surface area contributed by atoms with E-state index in [1.807, 2.05) is 17.7 Å². The standard InChI is InChI=1S/C11H14FN5/c1-8(5-17-4-3-13-7-17)16-11-10(12)9(2)14-6-15-11/h3-4,6-8H,5H2,1-2H3,(H,14,15,16). The molecule has 2 aromatic rings. The van der Waals surface area contributed by atoms with Crippen molar-refractivity contribution in [3.63, 3.8) is 0 Å². The number of anilines is 1. The average Bonchev–Trinajstić information content (AvgIpc) is 2.77. The molecule has 1 atom stereocenters. The zero-order valence-corrected chi connectivity index (χ0v) is 9.76. The fourth-order valence-corrected chi connectivity index (χ4v) is 1.55. The SMILES string of the molecule is Cc1ncnc(NC(C)Cn2ccnc2)c1F. The smallest absolute Gasteiger partial charge is 0.186 e. The fourth-order valence-electron chi connectivity index (χ4n) is 1.55. The summed E-state index contributed by atoms with van der Waals surface area (Å²) in [6.45, 7) is 4.27. The Bertz CT molecular complexity index is 483. The van der Waals surface area contributed by atoms with Crippen molar-refractivity contribution in [1.29, 1.82) is 0 Å². The Hall–Kier alpha value is -1.98. The van der Waals surface area contributed by atoms with Gasteiger partial charge in [0.15, 0.2) is 11.6 Å². The molecule has 5 nitrogen and oxygen atoms in total. The highest BCUT2D eigenvalue weighted by atomic mass is 19.1. The molecule has 0 saturated heterocycles. The molecular formula is C11H14FN5. The summed E-state index contributed by atoms with van der Waals surface area (Å²) in [6.07, 6.45) is 6.65. The Morgan fingerprint density at radius 2 is 2.29 bits per heavy atom. The van der Waals surface area contributed by atoms with Gasteiger partial charge in [0, 0.05) is 25.0 Å². The number of hydrogen-bond acceptors (Lipinski definition) is 4. The van der Waals surface area contributed by atoms with Crippen molar-refractivity contribution >= 4 is 5.82 Å². The lowest BCUT2D eigenvalue weighted by atomic mass is 10.3. The summed E-state index contributed by atoms with van der Waals surface area (Å²) in [5, 5.41) is 3.01. The molecule has 0 saturated carbocycles. The molecule has 0 spiro atoms. The van der Waals surface area contributed by atoms with E-state index >= 15 is 0 Å². The van der Waals surface area contributed by atoms with E-state index in [1.165, 1.54) is 6.33 Å². The van der Waals surface area contributed by atoms with Gasteiger partial charge >= 0.3 is 0 Å². The first-order valence-electron chi connectivity index (χ1n) is 5.36. The van der Waals surface area contributed by atoms with Crippen LogP contribution in [0.2, 0.25) is 0 Å². The van der Waals surface area contributed by atoms with Crippen LogP contribution < -0.4 is 5.32 Å². The van der Waals surface area contributed by atoms with Gasteiger partial charge in [0.1, 0.15) is 6.33 Å². The van der Waals surface area contributed by atoms with Gasteiger partial charge in [-0.05, 0) is 13.8 Å². The van der Waals surface area contributed by atoms with Crippen LogP contribution in [0.4, 0.5) is 10.2 Å². The highest BCUT2D eigenvalue weighted by molar-refractivity contribution is 5.37. The summed E-state index contributed by atoms with van der Waals surface area (Å²) in [4.78, 5) is 11.6. The lowest BCUT2D eigenvalue weighted by molar-refractivity contribution is 0.583. The molecule has 0 aliphatic carbocycles. The van der Waals surface area contributed by atoms with E-state index in [2.05, 4.69) is 20.3 Å². The summed E-state index contributed by atoms with van der Waals surface area (Å²) < 4.78 is 15.6. The van der Waals surface area contributed by atoms with Crippen LogP contribution in [-0.2, 0) is 6.54 Å². The topological polar surface area (TPSA) is 55.6 Å². The third-order valence-electron chi connectivity index (χ3n) is 2.39. The monoisotopic (exact) mass is 235 g/mol. The van der Waals surface area contributed by atoms with Crippen molar-refractivity contribution in [1.82, 2.24) is 19.5 Å². The summed E-state index contributed by atoms with van der Waals surface area (Å²) >= 11 is 0. The van der Waals surface area contributed by atoms with Crippen LogP contribution in [0.15, 0.2) is 25.0 Å². The lowest BCUT2D eigenvalue weighted by Gasteiger charge is -2.15. The summed E-state index contributed by atoms with van der Waals surface area (Å²) in [6, 6.07) is 0.0491. The minimum absolute atomic E-state index is 0.0491. The van der Waals surface area contributed by atoms with Gasteiger partial charge in [0.2, 0.25) is 0 Å². The van der Waals surface area contributed by atoms with Gasteiger partial charge in [-0.25, -0.2) is 19.3 Å². The van der Waals surface area contributed by atoms with E-state index in [4.69, 9.17) is 0 Å². The molecule has 1 N–H and O–H groups in total. The number of nitrogens with zero attached hydrogens (tertiary/aromatic N) is 4. The molecule has 0 aliphatic heterocycles. The molecule has 0 amide bonds. The molecule has 17 heavy (non-hydrogen) atoms. The molecule has 0 aliphatic rings. The minimum Gasteiger partial charge on any atom is -0.363 e. The molecule has 6 heteroatoms. The quantitative estimate of drug-likeness (QED) is 0.875. The molecule has 0 fully saturated rings. The van der Waals surface area contributed by atoms with Crippen LogP contribution in [0.3, 0.4) is 0 Å². The van der Waals surface area contributed by atoms with Gasteiger partial charge in [0.25, 0.3) is 0 Å². The first-order chi connectivity index (χ1) is 8.16. The summed E-state index contributed by atoms with van der Waals surface area (Å²) in [5.74, 6) is -0.157. The van der Waals surface area contributed by atoms with Crippen molar-refractivity contribution < 1.29 is 4.39 Å². The zero-order chi connectivity index (χ0) is 12.3. The van der Waals surface area contributed by atoms with E-state index in [0.29, 0.717) is 12.2 Å². The lowest BCUT2D eigenvalue weighted by Crippen LogP contribution is -2.23. The van der Waals surface area contributed by atoms with Gasteiger partial charge in [-0.1, -0.05) is 0 Å². The van der Waals surface area contributed by atoms with Gasteiger partial charge in [-0.3, -0.25) is 0 Å². The molecule has 1 unspecified atom stereocenters.